The average Bonchev–Trinajstić information content (AvgIpc) is 2.31. The van der Waals surface area contributed by atoms with E-state index >= 15 is 0 Å². The van der Waals surface area contributed by atoms with Crippen LogP contribution in [0.2, 0.25) is 0 Å². The highest BCUT2D eigenvalue weighted by Gasteiger charge is 2.26. The molecular formula is C14H18O3. The third-order valence-corrected chi connectivity index (χ3v) is 2.63. The lowest BCUT2D eigenvalue weighted by Crippen LogP contribution is -2.25. The van der Waals surface area contributed by atoms with Crippen molar-refractivity contribution < 1.29 is 14.3 Å². The number of esters is 1. The third-order valence-electron chi connectivity index (χ3n) is 2.63. The number of ketones is 1. The van der Waals surface area contributed by atoms with Crippen molar-refractivity contribution in [2.24, 2.45) is 5.92 Å². The quantitative estimate of drug-likeness (QED) is 0.447. The lowest BCUT2D eigenvalue weighted by Gasteiger charge is -2.12. The molecule has 0 aliphatic heterocycles. The number of carbonyl (C=O) groups is 2. The van der Waals surface area contributed by atoms with E-state index in [-0.39, 0.29) is 5.78 Å². The maximum atomic E-state index is 12.1. The van der Waals surface area contributed by atoms with E-state index in [1.807, 2.05) is 26.0 Å². The van der Waals surface area contributed by atoms with Crippen LogP contribution in [0.25, 0.3) is 0 Å². The molecule has 0 saturated heterocycles. The normalized spacial score (nSPS) is 11.9. The number of hydrogen-bond acceptors (Lipinski definition) is 3. The Labute approximate surface area is 102 Å². The molecule has 3 nitrogen and oxygen atoms in total. The summed E-state index contributed by atoms with van der Waals surface area (Å²) in [7, 11) is 0. The van der Waals surface area contributed by atoms with Crippen molar-refractivity contribution in [1.29, 1.82) is 0 Å². The SMILES string of the molecule is CCOC(=O)C(CC)C(=O)c1ccc(C)cc1. The van der Waals surface area contributed by atoms with Crippen molar-refractivity contribution in [2.75, 3.05) is 6.61 Å². The number of hydrogen-bond donors (Lipinski definition) is 0. The lowest BCUT2D eigenvalue weighted by atomic mass is 9.95. The first-order valence-electron chi connectivity index (χ1n) is 5.87. The maximum Gasteiger partial charge on any atom is 0.316 e. The highest BCUT2D eigenvalue weighted by atomic mass is 16.5. The molecule has 0 amide bonds. The van der Waals surface area contributed by atoms with Crippen LogP contribution < -0.4 is 0 Å². The molecule has 92 valence electrons. The molecule has 1 atom stereocenters. The molecule has 17 heavy (non-hydrogen) atoms. The van der Waals surface area contributed by atoms with Gasteiger partial charge in [-0.15, -0.1) is 0 Å². The summed E-state index contributed by atoms with van der Waals surface area (Å²) in [6.07, 6.45) is 0.464. The molecule has 1 aromatic carbocycles. The van der Waals surface area contributed by atoms with Gasteiger partial charge in [-0.2, -0.15) is 0 Å². The number of carbonyl (C=O) groups excluding carboxylic acids is 2. The minimum absolute atomic E-state index is 0.161. The molecule has 0 heterocycles. The topological polar surface area (TPSA) is 43.4 Å². The standard InChI is InChI=1S/C14H18O3/c1-4-12(14(16)17-5-2)13(15)11-8-6-10(3)7-9-11/h6-9,12H,4-5H2,1-3H3. The van der Waals surface area contributed by atoms with Crippen LogP contribution in [-0.4, -0.2) is 18.4 Å². The van der Waals surface area contributed by atoms with Gasteiger partial charge in [-0.25, -0.2) is 0 Å². The highest BCUT2D eigenvalue weighted by molar-refractivity contribution is 6.08. The van der Waals surface area contributed by atoms with Crippen LogP contribution in [0.1, 0.15) is 36.2 Å². The van der Waals surface area contributed by atoms with Gasteiger partial charge in [0.1, 0.15) is 5.92 Å². The molecule has 1 aromatic rings. The van der Waals surface area contributed by atoms with Gasteiger partial charge in [-0.05, 0) is 20.3 Å². The van der Waals surface area contributed by atoms with Gasteiger partial charge in [0.05, 0.1) is 6.61 Å². The van der Waals surface area contributed by atoms with E-state index in [0.29, 0.717) is 18.6 Å². The fourth-order valence-corrected chi connectivity index (χ4v) is 1.62. The maximum absolute atomic E-state index is 12.1. The van der Waals surface area contributed by atoms with Crippen LogP contribution in [0.15, 0.2) is 24.3 Å². The zero-order chi connectivity index (χ0) is 12.8. The summed E-state index contributed by atoms with van der Waals surface area (Å²) < 4.78 is 4.90. The number of ether oxygens (including phenoxy) is 1. The van der Waals surface area contributed by atoms with E-state index in [4.69, 9.17) is 4.74 Å². The van der Waals surface area contributed by atoms with Crippen molar-refractivity contribution in [3.05, 3.63) is 35.4 Å². The van der Waals surface area contributed by atoms with Crippen molar-refractivity contribution in [3.8, 4) is 0 Å². The summed E-state index contributed by atoms with van der Waals surface area (Å²) in [5.74, 6) is -1.27. The molecule has 1 unspecified atom stereocenters. The van der Waals surface area contributed by atoms with Gasteiger partial charge in [-0.1, -0.05) is 36.8 Å². The monoisotopic (exact) mass is 234 g/mol. The van der Waals surface area contributed by atoms with E-state index in [2.05, 4.69) is 0 Å². The Morgan fingerprint density at radius 3 is 2.24 bits per heavy atom. The van der Waals surface area contributed by atoms with Crippen LogP contribution in [0, 0.1) is 12.8 Å². The summed E-state index contributed by atoms with van der Waals surface area (Å²) in [5, 5.41) is 0. The molecule has 0 aliphatic rings. The Kier molecular flexibility index (Phi) is 4.88. The molecule has 0 bridgehead atoms. The molecule has 0 spiro atoms. The summed E-state index contributed by atoms with van der Waals surface area (Å²) in [6.45, 7) is 5.81. The van der Waals surface area contributed by atoms with E-state index in [1.54, 1.807) is 19.1 Å². The molecule has 0 radical (unpaired) electrons. The van der Waals surface area contributed by atoms with Crippen LogP contribution in [0.4, 0.5) is 0 Å². The van der Waals surface area contributed by atoms with Gasteiger partial charge >= 0.3 is 5.97 Å². The van der Waals surface area contributed by atoms with E-state index in [0.717, 1.165) is 5.56 Å². The lowest BCUT2D eigenvalue weighted by molar-refractivity contribution is -0.146. The Morgan fingerprint density at radius 2 is 1.76 bits per heavy atom. The number of rotatable bonds is 5. The number of aryl methyl sites for hydroxylation is 1. The first-order valence-corrected chi connectivity index (χ1v) is 5.87. The van der Waals surface area contributed by atoms with Crippen LogP contribution in [0.5, 0.6) is 0 Å². The molecule has 1 rings (SSSR count). The molecule has 0 N–H and O–H groups in total. The predicted molar refractivity (Wildman–Crippen MR) is 65.9 cm³/mol. The second-order valence-electron chi connectivity index (χ2n) is 3.94. The first-order chi connectivity index (χ1) is 8.10. The van der Waals surface area contributed by atoms with Crippen molar-refractivity contribution >= 4 is 11.8 Å². The van der Waals surface area contributed by atoms with E-state index < -0.39 is 11.9 Å². The molecular weight excluding hydrogens is 216 g/mol. The predicted octanol–water partition coefficient (Wildman–Crippen LogP) is 2.77. The van der Waals surface area contributed by atoms with Gasteiger partial charge in [0.2, 0.25) is 0 Å². The second-order valence-corrected chi connectivity index (χ2v) is 3.94. The minimum atomic E-state index is -0.683. The van der Waals surface area contributed by atoms with Gasteiger partial charge in [-0.3, -0.25) is 9.59 Å². The minimum Gasteiger partial charge on any atom is -0.465 e. The summed E-state index contributed by atoms with van der Waals surface area (Å²) in [5.41, 5.74) is 1.65. The number of benzene rings is 1. The Bertz CT molecular complexity index is 392. The zero-order valence-electron chi connectivity index (χ0n) is 10.5. The molecule has 3 heteroatoms. The van der Waals surface area contributed by atoms with Gasteiger partial charge in [0, 0.05) is 5.56 Å². The van der Waals surface area contributed by atoms with E-state index in [1.165, 1.54) is 0 Å². The molecule has 0 aromatic heterocycles. The first kappa shape index (κ1) is 13.4. The Morgan fingerprint density at radius 1 is 1.18 bits per heavy atom. The Hall–Kier alpha value is -1.64. The molecule has 0 saturated carbocycles. The average molecular weight is 234 g/mol. The fraction of sp³-hybridized carbons (Fsp3) is 0.429. The zero-order valence-corrected chi connectivity index (χ0v) is 10.5. The summed E-state index contributed by atoms with van der Waals surface area (Å²) in [6, 6.07) is 7.23. The van der Waals surface area contributed by atoms with Crippen molar-refractivity contribution in [2.45, 2.75) is 27.2 Å². The van der Waals surface area contributed by atoms with Crippen LogP contribution in [0.3, 0.4) is 0 Å². The summed E-state index contributed by atoms with van der Waals surface area (Å²) in [4.78, 5) is 23.7. The smallest absolute Gasteiger partial charge is 0.316 e. The molecule has 0 aliphatic carbocycles. The fourth-order valence-electron chi connectivity index (χ4n) is 1.62. The second kappa shape index (κ2) is 6.18. The van der Waals surface area contributed by atoms with Gasteiger partial charge in [0.15, 0.2) is 5.78 Å². The molecule has 0 fully saturated rings. The third kappa shape index (κ3) is 3.41. The van der Waals surface area contributed by atoms with Crippen molar-refractivity contribution in [3.63, 3.8) is 0 Å². The van der Waals surface area contributed by atoms with E-state index in [9.17, 15) is 9.59 Å². The largest absolute Gasteiger partial charge is 0.465 e. The summed E-state index contributed by atoms with van der Waals surface area (Å²) >= 11 is 0. The van der Waals surface area contributed by atoms with Gasteiger partial charge < -0.3 is 4.74 Å². The highest BCUT2D eigenvalue weighted by Crippen LogP contribution is 2.15. The van der Waals surface area contributed by atoms with Crippen LogP contribution in [-0.2, 0) is 9.53 Å². The number of Topliss-reactive ketones (excluding diaryl/α,β-unsaturated/α-hetero) is 1. The van der Waals surface area contributed by atoms with Crippen LogP contribution >= 0.6 is 0 Å². The van der Waals surface area contributed by atoms with Crippen molar-refractivity contribution in [1.82, 2.24) is 0 Å². The Balaban J connectivity index is 2.86. The van der Waals surface area contributed by atoms with Gasteiger partial charge in [0.25, 0.3) is 0 Å².